The van der Waals surface area contributed by atoms with Crippen LogP contribution in [0.15, 0.2) is 18.2 Å². The second-order valence-electron chi connectivity index (χ2n) is 3.76. The minimum atomic E-state index is -0.341. The Kier molecular flexibility index (Phi) is 6.58. The fourth-order valence-corrected chi connectivity index (χ4v) is 1.44. The van der Waals surface area contributed by atoms with Crippen molar-refractivity contribution >= 4 is 0 Å². The third-order valence-electron chi connectivity index (χ3n) is 2.26. The monoisotopic (exact) mass is 241 g/mol. The van der Waals surface area contributed by atoms with Crippen molar-refractivity contribution in [3.8, 4) is 5.75 Å². The van der Waals surface area contributed by atoms with Crippen molar-refractivity contribution in [1.82, 2.24) is 0 Å². The van der Waals surface area contributed by atoms with E-state index in [2.05, 4.69) is 0 Å². The highest BCUT2D eigenvalue weighted by Gasteiger charge is 2.04. The van der Waals surface area contributed by atoms with Crippen LogP contribution in [-0.2, 0) is 11.2 Å². The summed E-state index contributed by atoms with van der Waals surface area (Å²) in [7, 11) is 0. The third-order valence-corrected chi connectivity index (χ3v) is 2.26. The fraction of sp³-hybridized carbons (Fsp3) is 0.538. The molecule has 0 atom stereocenters. The summed E-state index contributed by atoms with van der Waals surface area (Å²) in [6.45, 7) is 4.12. The van der Waals surface area contributed by atoms with Crippen LogP contribution < -0.4 is 10.5 Å². The Balaban J connectivity index is 2.38. The summed E-state index contributed by atoms with van der Waals surface area (Å²) >= 11 is 0. The van der Waals surface area contributed by atoms with Gasteiger partial charge in [0.25, 0.3) is 0 Å². The second-order valence-corrected chi connectivity index (χ2v) is 3.76. The van der Waals surface area contributed by atoms with Gasteiger partial charge in [0.05, 0.1) is 6.61 Å². The molecule has 1 aromatic rings. The molecule has 0 radical (unpaired) electrons. The number of rotatable bonds is 8. The third kappa shape index (κ3) is 5.15. The predicted molar refractivity (Wildman–Crippen MR) is 65.8 cm³/mol. The molecular formula is C13H20FNO2. The molecule has 4 heteroatoms. The Hall–Kier alpha value is -1.13. The van der Waals surface area contributed by atoms with Crippen molar-refractivity contribution in [2.24, 2.45) is 5.73 Å². The molecule has 0 spiro atoms. The fourth-order valence-electron chi connectivity index (χ4n) is 1.44. The molecule has 17 heavy (non-hydrogen) atoms. The Labute approximate surface area is 102 Å². The van der Waals surface area contributed by atoms with Crippen molar-refractivity contribution in [1.29, 1.82) is 0 Å². The summed E-state index contributed by atoms with van der Waals surface area (Å²) in [5.74, 6) is -0.0719. The van der Waals surface area contributed by atoms with Crippen molar-refractivity contribution in [2.45, 2.75) is 19.8 Å². The lowest BCUT2D eigenvalue weighted by Gasteiger charge is -2.08. The van der Waals surface area contributed by atoms with E-state index in [9.17, 15) is 4.39 Å². The largest absolute Gasteiger partial charge is 0.488 e. The van der Waals surface area contributed by atoms with Crippen LogP contribution in [0, 0.1) is 5.82 Å². The van der Waals surface area contributed by atoms with Crippen molar-refractivity contribution in [2.75, 3.05) is 26.4 Å². The van der Waals surface area contributed by atoms with E-state index in [0.29, 0.717) is 32.8 Å². The molecule has 3 nitrogen and oxygen atoms in total. The number of benzene rings is 1. The predicted octanol–water partition coefficient (Wildman–Crippen LogP) is 2.13. The topological polar surface area (TPSA) is 44.5 Å². The van der Waals surface area contributed by atoms with E-state index in [1.165, 1.54) is 6.07 Å². The van der Waals surface area contributed by atoms with Gasteiger partial charge in [-0.25, -0.2) is 4.39 Å². The first-order valence-corrected chi connectivity index (χ1v) is 5.97. The highest BCUT2D eigenvalue weighted by Crippen LogP contribution is 2.18. The average molecular weight is 241 g/mol. The van der Waals surface area contributed by atoms with Crippen LogP contribution in [-0.4, -0.2) is 26.4 Å². The zero-order valence-electron chi connectivity index (χ0n) is 10.2. The Morgan fingerprint density at radius 2 is 2.06 bits per heavy atom. The van der Waals surface area contributed by atoms with Gasteiger partial charge in [-0.05, 0) is 37.1 Å². The molecule has 0 heterocycles. The molecule has 1 aromatic carbocycles. The number of ether oxygens (including phenoxy) is 2. The molecule has 0 amide bonds. The average Bonchev–Trinajstić information content (AvgIpc) is 2.32. The lowest BCUT2D eigenvalue weighted by atomic mass is 10.1. The standard InChI is InChI=1S/C13H20FNO2/c1-2-7-16-8-9-17-13-4-3-11(5-6-15)10-12(13)14/h3-4,10H,2,5-9,15H2,1H3. The van der Waals surface area contributed by atoms with Gasteiger partial charge in [-0.15, -0.1) is 0 Å². The van der Waals surface area contributed by atoms with Gasteiger partial charge in [-0.3, -0.25) is 0 Å². The molecular weight excluding hydrogens is 221 g/mol. The summed E-state index contributed by atoms with van der Waals surface area (Å²) in [6, 6.07) is 4.94. The Morgan fingerprint density at radius 1 is 1.24 bits per heavy atom. The molecule has 2 N–H and O–H groups in total. The molecule has 0 aliphatic rings. The molecule has 0 fully saturated rings. The first kappa shape index (κ1) is 13.9. The van der Waals surface area contributed by atoms with Crippen LogP contribution in [0.2, 0.25) is 0 Å². The van der Waals surface area contributed by atoms with E-state index >= 15 is 0 Å². The highest BCUT2D eigenvalue weighted by atomic mass is 19.1. The Bertz CT molecular complexity index is 331. The van der Waals surface area contributed by atoms with E-state index < -0.39 is 0 Å². The van der Waals surface area contributed by atoms with Crippen LogP contribution in [0.1, 0.15) is 18.9 Å². The maximum absolute atomic E-state index is 13.5. The minimum absolute atomic E-state index is 0.269. The lowest BCUT2D eigenvalue weighted by Crippen LogP contribution is -2.08. The molecule has 0 saturated heterocycles. The van der Waals surface area contributed by atoms with Crippen molar-refractivity contribution in [3.05, 3.63) is 29.6 Å². The normalized spacial score (nSPS) is 10.5. The van der Waals surface area contributed by atoms with Crippen LogP contribution >= 0.6 is 0 Å². The zero-order chi connectivity index (χ0) is 12.5. The van der Waals surface area contributed by atoms with E-state index in [-0.39, 0.29) is 11.6 Å². The van der Waals surface area contributed by atoms with Gasteiger partial charge < -0.3 is 15.2 Å². The van der Waals surface area contributed by atoms with Crippen LogP contribution in [0.5, 0.6) is 5.75 Å². The molecule has 0 bridgehead atoms. The zero-order valence-corrected chi connectivity index (χ0v) is 10.2. The number of hydrogen-bond donors (Lipinski definition) is 1. The van der Waals surface area contributed by atoms with Crippen LogP contribution in [0.3, 0.4) is 0 Å². The quantitative estimate of drug-likeness (QED) is 0.709. The van der Waals surface area contributed by atoms with E-state index in [1.54, 1.807) is 6.07 Å². The van der Waals surface area contributed by atoms with Gasteiger partial charge in [0, 0.05) is 6.61 Å². The highest BCUT2D eigenvalue weighted by molar-refractivity contribution is 5.29. The van der Waals surface area contributed by atoms with E-state index in [0.717, 1.165) is 12.0 Å². The van der Waals surface area contributed by atoms with Gasteiger partial charge in [-0.1, -0.05) is 13.0 Å². The van der Waals surface area contributed by atoms with Gasteiger partial charge >= 0.3 is 0 Å². The summed E-state index contributed by atoms with van der Waals surface area (Å²) in [6.07, 6.45) is 1.65. The Morgan fingerprint density at radius 3 is 2.71 bits per heavy atom. The molecule has 0 aromatic heterocycles. The molecule has 96 valence electrons. The van der Waals surface area contributed by atoms with Crippen molar-refractivity contribution < 1.29 is 13.9 Å². The SMILES string of the molecule is CCCOCCOc1ccc(CCN)cc1F. The maximum Gasteiger partial charge on any atom is 0.165 e. The van der Waals surface area contributed by atoms with Crippen molar-refractivity contribution in [3.63, 3.8) is 0 Å². The van der Waals surface area contributed by atoms with E-state index in [1.807, 2.05) is 13.0 Å². The summed E-state index contributed by atoms with van der Waals surface area (Å²) < 4.78 is 24.1. The number of nitrogens with two attached hydrogens (primary N) is 1. The van der Waals surface area contributed by atoms with Gasteiger partial charge in [-0.2, -0.15) is 0 Å². The first-order chi connectivity index (χ1) is 8.27. The molecule has 1 rings (SSSR count). The molecule has 0 saturated carbocycles. The number of halogens is 1. The van der Waals surface area contributed by atoms with Gasteiger partial charge in [0.15, 0.2) is 11.6 Å². The maximum atomic E-state index is 13.5. The summed E-state index contributed by atoms with van der Waals surface area (Å²) in [5, 5.41) is 0. The minimum Gasteiger partial charge on any atom is -0.488 e. The summed E-state index contributed by atoms with van der Waals surface area (Å²) in [4.78, 5) is 0. The van der Waals surface area contributed by atoms with Gasteiger partial charge in [0.1, 0.15) is 6.61 Å². The second kappa shape index (κ2) is 8.03. The van der Waals surface area contributed by atoms with Crippen LogP contribution in [0.4, 0.5) is 4.39 Å². The summed E-state index contributed by atoms with van der Waals surface area (Å²) in [5.41, 5.74) is 6.29. The van der Waals surface area contributed by atoms with Crippen LogP contribution in [0.25, 0.3) is 0 Å². The van der Waals surface area contributed by atoms with E-state index in [4.69, 9.17) is 15.2 Å². The first-order valence-electron chi connectivity index (χ1n) is 5.97. The molecule has 0 aliphatic heterocycles. The smallest absolute Gasteiger partial charge is 0.165 e. The lowest BCUT2D eigenvalue weighted by molar-refractivity contribution is 0.0992. The molecule has 0 unspecified atom stereocenters. The number of hydrogen-bond acceptors (Lipinski definition) is 3. The van der Waals surface area contributed by atoms with Gasteiger partial charge in [0.2, 0.25) is 0 Å². The molecule has 0 aliphatic carbocycles.